The van der Waals surface area contributed by atoms with E-state index in [1.165, 1.54) is 0 Å². The molecule has 212 valence electrons. The molecule has 3 aliphatic rings. The number of fused-ring (bicyclic) bond motifs is 2. The number of carbonyl (C=O) groups excluding carboxylic acids is 2. The summed E-state index contributed by atoms with van der Waals surface area (Å²) in [6.07, 6.45) is -5.56. The number of alkyl halides is 6. The van der Waals surface area contributed by atoms with Gasteiger partial charge in [0.25, 0.3) is 5.91 Å². The van der Waals surface area contributed by atoms with E-state index in [-0.39, 0.29) is 40.5 Å². The van der Waals surface area contributed by atoms with E-state index in [4.69, 9.17) is 0 Å². The number of nitrogens with one attached hydrogen (secondary N) is 1. The summed E-state index contributed by atoms with van der Waals surface area (Å²) in [4.78, 5) is 36.2. The van der Waals surface area contributed by atoms with Gasteiger partial charge in [0.15, 0.2) is 10.8 Å². The number of rotatable bonds is 6. The number of aliphatic hydroxyl groups is 1. The van der Waals surface area contributed by atoms with Gasteiger partial charge in [-0.25, -0.2) is 9.97 Å². The maximum atomic E-state index is 14.2. The SMILES string of the molecule is C[C@H](Nc1cc(C(F)(F)F)c(-c2sc(C(=O)C3CC(C)(O)C3)nc2C(=O)N2C3CCC2CC3)cn1)C(F)(F)F. The Bertz CT molecular complexity index is 1280. The molecule has 2 aromatic heterocycles. The Kier molecular flexibility index (Phi) is 6.72. The highest BCUT2D eigenvalue weighted by atomic mass is 32.1. The van der Waals surface area contributed by atoms with E-state index in [1.807, 2.05) is 5.32 Å². The molecule has 2 N–H and O–H groups in total. The maximum Gasteiger partial charge on any atom is 0.417 e. The Morgan fingerprint density at radius 2 is 1.72 bits per heavy atom. The quantitative estimate of drug-likeness (QED) is 0.339. The average Bonchev–Trinajstić information content (AvgIpc) is 3.55. The molecule has 7 nitrogen and oxygen atoms in total. The van der Waals surface area contributed by atoms with E-state index in [1.54, 1.807) is 11.8 Å². The van der Waals surface area contributed by atoms with Crippen LogP contribution in [-0.2, 0) is 6.18 Å². The van der Waals surface area contributed by atoms with Crippen LogP contribution in [0.1, 0.15) is 78.2 Å². The molecule has 1 amide bonds. The Balaban J connectivity index is 1.58. The molecule has 1 atom stereocenters. The van der Waals surface area contributed by atoms with Gasteiger partial charge in [0, 0.05) is 29.8 Å². The standard InChI is InChI=1S/C25H26F6N4O3S/c1-11(24(26,27)28)33-17-7-16(25(29,30)31)15(10-32-17)20-18(22(37)35-13-3-4-14(35)6-5-13)34-21(39-20)19(36)12-8-23(2,38)9-12/h7,10-14,38H,3-6,8-9H2,1-2H3,(H,32,33)/t11-,12?,13?,14?,23?/m0/s1. The summed E-state index contributed by atoms with van der Waals surface area (Å²) in [6, 6.07) is -1.82. The molecule has 4 heterocycles. The number of Topliss-reactive ketones (excluding diaryl/α,β-unsaturated/α-hetero) is 1. The van der Waals surface area contributed by atoms with Gasteiger partial charge in [-0.3, -0.25) is 9.59 Å². The molecule has 5 rings (SSSR count). The third kappa shape index (κ3) is 5.24. The van der Waals surface area contributed by atoms with Crippen molar-refractivity contribution in [2.24, 2.45) is 5.92 Å². The maximum absolute atomic E-state index is 14.2. The highest BCUT2D eigenvalue weighted by Crippen LogP contribution is 2.46. The van der Waals surface area contributed by atoms with Crippen LogP contribution in [0.15, 0.2) is 12.3 Å². The second kappa shape index (κ2) is 9.43. The van der Waals surface area contributed by atoms with Crippen LogP contribution in [0.25, 0.3) is 10.4 Å². The van der Waals surface area contributed by atoms with E-state index in [0.29, 0.717) is 17.4 Å². The van der Waals surface area contributed by atoms with Crippen LogP contribution in [0.3, 0.4) is 0 Å². The second-order valence-electron chi connectivity index (χ2n) is 10.9. The number of hydrogen-bond donors (Lipinski definition) is 2. The van der Waals surface area contributed by atoms with Crippen LogP contribution < -0.4 is 5.32 Å². The van der Waals surface area contributed by atoms with Gasteiger partial charge in [-0.1, -0.05) is 0 Å². The van der Waals surface area contributed by atoms with Crippen LogP contribution in [0.5, 0.6) is 0 Å². The van der Waals surface area contributed by atoms with E-state index in [0.717, 1.165) is 38.8 Å². The van der Waals surface area contributed by atoms with E-state index < -0.39 is 58.5 Å². The Hall–Kier alpha value is -2.74. The van der Waals surface area contributed by atoms with Crippen molar-refractivity contribution in [3.8, 4) is 10.4 Å². The summed E-state index contributed by atoms with van der Waals surface area (Å²) < 4.78 is 81.6. The van der Waals surface area contributed by atoms with Crippen molar-refractivity contribution in [2.45, 2.75) is 88.5 Å². The molecular weight excluding hydrogens is 550 g/mol. The first-order valence-corrected chi connectivity index (χ1v) is 13.4. The molecule has 2 bridgehead atoms. The lowest BCUT2D eigenvalue weighted by atomic mass is 9.70. The number of anilines is 1. The average molecular weight is 577 g/mol. The van der Waals surface area contributed by atoms with Crippen molar-refractivity contribution in [3.05, 3.63) is 28.5 Å². The van der Waals surface area contributed by atoms with E-state index in [2.05, 4.69) is 9.97 Å². The predicted molar refractivity (Wildman–Crippen MR) is 129 cm³/mol. The minimum absolute atomic E-state index is 0.0615. The van der Waals surface area contributed by atoms with Gasteiger partial charge >= 0.3 is 12.4 Å². The molecule has 2 saturated heterocycles. The zero-order chi connectivity index (χ0) is 28.5. The molecule has 0 aromatic carbocycles. The Morgan fingerprint density at radius 3 is 2.23 bits per heavy atom. The lowest BCUT2D eigenvalue weighted by molar-refractivity contribution is -0.138. The smallest absolute Gasteiger partial charge is 0.390 e. The van der Waals surface area contributed by atoms with Crippen molar-refractivity contribution in [1.29, 1.82) is 0 Å². The number of hydrogen-bond acceptors (Lipinski definition) is 7. The van der Waals surface area contributed by atoms with Gasteiger partial charge in [-0.2, -0.15) is 26.3 Å². The number of aromatic nitrogens is 2. The fourth-order valence-electron chi connectivity index (χ4n) is 5.73. The first-order chi connectivity index (χ1) is 18.0. The summed E-state index contributed by atoms with van der Waals surface area (Å²) in [5.74, 6) is -2.28. The molecule has 1 saturated carbocycles. The molecular formula is C25H26F6N4O3S. The number of nitrogens with zero attached hydrogens (tertiary/aromatic N) is 3. The highest BCUT2D eigenvalue weighted by Gasteiger charge is 2.47. The molecule has 0 radical (unpaired) electrons. The molecule has 39 heavy (non-hydrogen) atoms. The Labute approximate surface area is 223 Å². The summed E-state index contributed by atoms with van der Waals surface area (Å²) in [5.41, 5.74) is -3.18. The van der Waals surface area contributed by atoms with Crippen molar-refractivity contribution in [1.82, 2.24) is 14.9 Å². The van der Waals surface area contributed by atoms with Crippen molar-refractivity contribution in [2.75, 3.05) is 5.32 Å². The molecule has 0 spiro atoms. The zero-order valence-corrected chi connectivity index (χ0v) is 21.8. The number of pyridine rings is 1. The fourth-order valence-corrected chi connectivity index (χ4v) is 6.83. The summed E-state index contributed by atoms with van der Waals surface area (Å²) in [5, 5.41) is 11.8. The van der Waals surface area contributed by atoms with Gasteiger partial charge < -0.3 is 15.3 Å². The molecule has 3 fully saturated rings. The number of amides is 1. The third-order valence-corrected chi connectivity index (χ3v) is 8.88. The summed E-state index contributed by atoms with van der Waals surface area (Å²) in [6.45, 7) is 2.32. The number of ketones is 1. The van der Waals surface area contributed by atoms with Gasteiger partial charge in [0.2, 0.25) is 0 Å². The van der Waals surface area contributed by atoms with Crippen molar-refractivity contribution >= 4 is 28.8 Å². The van der Waals surface area contributed by atoms with Crippen LogP contribution in [-0.4, -0.2) is 61.6 Å². The third-order valence-electron chi connectivity index (χ3n) is 7.78. The van der Waals surface area contributed by atoms with Gasteiger partial charge in [0.1, 0.15) is 17.6 Å². The van der Waals surface area contributed by atoms with Crippen molar-refractivity contribution < 1.29 is 41.0 Å². The van der Waals surface area contributed by atoms with Gasteiger partial charge in [-0.05, 0) is 58.4 Å². The Morgan fingerprint density at radius 1 is 1.13 bits per heavy atom. The second-order valence-corrected chi connectivity index (χ2v) is 11.9. The van der Waals surface area contributed by atoms with Crippen molar-refractivity contribution in [3.63, 3.8) is 0 Å². The van der Waals surface area contributed by atoms with Gasteiger partial charge in [0.05, 0.1) is 16.0 Å². The zero-order valence-electron chi connectivity index (χ0n) is 21.0. The first kappa shape index (κ1) is 27.8. The summed E-state index contributed by atoms with van der Waals surface area (Å²) >= 11 is 0.633. The largest absolute Gasteiger partial charge is 0.417 e. The topological polar surface area (TPSA) is 95.4 Å². The van der Waals surface area contributed by atoms with E-state index >= 15 is 0 Å². The molecule has 2 aliphatic heterocycles. The summed E-state index contributed by atoms with van der Waals surface area (Å²) in [7, 11) is 0. The normalized spacial score (nSPS) is 27.4. The van der Waals surface area contributed by atoms with Gasteiger partial charge in [-0.15, -0.1) is 11.3 Å². The van der Waals surface area contributed by atoms with Crippen LogP contribution >= 0.6 is 11.3 Å². The minimum atomic E-state index is -5.01. The fraction of sp³-hybridized carbons (Fsp3) is 0.600. The predicted octanol–water partition coefficient (Wildman–Crippen LogP) is 5.70. The van der Waals surface area contributed by atoms with Crippen LogP contribution in [0.2, 0.25) is 0 Å². The minimum Gasteiger partial charge on any atom is -0.390 e. The van der Waals surface area contributed by atoms with Crippen LogP contribution in [0.4, 0.5) is 32.2 Å². The molecule has 14 heteroatoms. The van der Waals surface area contributed by atoms with E-state index in [9.17, 15) is 41.0 Å². The number of thiazole rings is 1. The monoisotopic (exact) mass is 576 g/mol. The first-order valence-electron chi connectivity index (χ1n) is 12.6. The molecule has 1 aliphatic carbocycles. The number of halogens is 6. The lowest BCUT2D eigenvalue weighted by Crippen LogP contribution is -2.44. The van der Waals surface area contributed by atoms with Crippen LogP contribution in [0, 0.1) is 5.92 Å². The number of carbonyl (C=O) groups is 2. The molecule has 2 aromatic rings. The highest BCUT2D eigenvalue weighted by molar-refractivity contribution is 7.17. The lowest BCUT2D eigenvalue weighted by Gasteiger charge is -2.39. The molecule has 0 unspecified atom stereocenters.